The van der Waals surface area contributed by atoms with Crippen molar-refractivity contribution in [3.8, 4) is 0 Å². The van der Waals surface area contributed by atoms with Crippen molar-refractivity contribution < 1.29 is 5.11 Å². The molecular weight excluding hydrogens is 188 g/mol. The van der Waals surface area contributed by atoms with Crippen molar-refractivity contribution in [2.75, 3.05) is 24.2 Å². The third-order valence-electron chi connectivity index (χ3n) is 2.40. The first-order chi connectivity index (χ1) is 7.24. The molecule has 0 saturated carbocycles. The Bertz CT molecular complexity index is 300. The number of benzene rings is 1. The van der Waals surface area contributed by atoms with Crippen LogP contribution >= 0.6 is 0 Å². The molecule has 0 aliphatic carbocycles. The van der Waals surface area contributed by atoms with Gasteiger partial charge in [-0.1, -0.05) is 0 Å². The summed E-state index contributed by atoms with van der Waals surface area (Å²) in [6.45, 7) is 3.29. The first-order valence-electron chi connectivity index (χ1n) is 5.45. The monoisotopic (exact) mass is 208 g/mol. The Balaban J connectivity index is 2.31. The minimum Gasteiger partial charge on any atom is -0.399 e. The molecule has 0 heterocycles. The summed E-state index contributed by atoms with van der Waals surface area (Å²) in [4.78, 5) is 0. The highest BCUT2D eigenvalue weighted by molar-refractivity contribution is 5.57. The van der Waals surface area contributed by atoms with Crippen LogP contribution in [0.25, 0.3) is 0 Å². The van der Waals surface area contributed by atoms with Gasteiger partial charge in [-0.3, -0.25) is 0 Å². The minimum atomic E-state index is 0.293. The van der Waals surface area contributed by atoms with Crippen LogP contribution in [-0.4, -0.2) is 18.3 Å². The molecule has 0 aliphatic heterocycles. The van der Waals surface area contributed by atoms with E-state index in [9.17, 15) is 0 Å². The number of nitrogens with one attached hydrogen (secondary N) is 1. The number of hydrogen-bond donors (Lipinski definition) is 3. The van der Waals surface area contributed by atoms with E-state index in [-0.39, 0.29) is 0 Å². The van der Waals surface area contributed by atoms with Crippen molar-refractivity contribution in [2.45, 2.75) is 26.2 Å². The van der Waals surface area contributed by atoms with Gasteiger partial charge in [0, 0.05) is 24.5 Å². The van der Waals surface area contributed by atoms with Gasteiger partial charge in [0.25, 0.3) is 0 Å². The van der Waals surface area contributed by atoms with Crippen molar-refractivity contribution in [2.24, 2.45) is 0 Å². The Morgan fingerprint density at radius 2 is 2.07 bits per heavy atom. The first-order valence-corrected chi connectivity index (χ1v) is 5.45. The Morgan fingerprint density at radius 1 is 1.27 bits per heavy atom. The summed E-state index contributed by atoms with van der Waals surface area (Å²) in [6.07, 6.45) is 3.05. The normalized spacial score (nSPS) is 10.3. The predicted octanol–water partition coefficient (Wildman–Crippen LogP) is 2.15. The molecule has 0 aliphatic rings. The van der Waals surface area contributed by atoms with E-state index in [1.54, 1.807) is 0 Å². The van der Waals surface area contributed by atoms with Crippen LogP contribution in [0.4, 0.5) is 11.4 Å². The van der Waals surface area contributed by atoms with E-state index >= 15 is 0 Å². The van der Waals surface area contributed by atoms with E-state index in [1.165, 1.54) is 5.56 Å². The maximum atomic E-state index is 8.62. The van der Waals surface area contributed by atoms with Gasteiger partial charge in [0.05, 0.1) is 0 Å². The largest absolute Gasteiger partial charge is 0.399 e. The van der Waals surface area contributed by atoms with Crippen LogP contribution in [0.3, 0.4) is 0 Å². The quantitative estimate of drug-likeness (QED) is 0.496. The van der Waals surface area contributed by atoms with Gasteiger partial charge in [-0.2, -0.15) is 0 Å². The topological polar surface area (TPSA) is 58.3 Å². The molecular formula is C12H20N2O. The van der Waals surface area contributed by atoms with E-state index in [2.05, 4.69) is 5.32 Å². The van der Waals surface area contributed by atoms with Crippen LogP contribution in [-0.2, 0) is 0 Å². The fourth-order valence-electron chi connectivity index (χ4n) is 1.52. The van der Waals surface area contributed by atoms with Gasteiger partial charge >= 0.3 is 0 Å². The summed E-state index contributed by atoms with van der Waals surface area (Å²) >= 11 is 0. The fraction of sp³-hybridized carbons (Fsp3) is 0.500. The van der Waals surface area contributed by atoms with Gasteiger partial charge in [0.15, 0.2) is 0 Å². The van der Waals surface area contributed by atoms with Crippen molar-refractivity contribution >= 4 is 11.4 Å². The zero-order valence-electron chi connectivity index (χ0n) is 9.29. The Kier molecular flexibility index (Phi) is 4.98. The third kappa shape index (κ3) is 4.21. The van der Waals surface area contributed by atoms with Gasteiger partial charge in [0.1, 0.15) is 0 Å². The van der Waals surface area contributed by atoms with Gasteiger partial charge in [-0.05, 0) is 49.9 Å². The molecule has 84 valence electrons. The summed E-state index contributed by atoms with van der Waals surface area (Å²) in [5.41, 5.74) is 8.79. The SMILES string of the molecule is Cc1cc(N)ccc1NCCCCCO. The van der Waals surface area contributed by atoms with Gasteiger partial charge in [0.2, 0.25) is 0 Å². The third-order valence-corrected chi connectivity index (χ3v) is 2.40. The standard InChI is InChI=1S/C12H20N2O/c1-10-9-11(13)5-6-12(10)14-7-3-2-4-8-15/h5-6,9,14-15H,2-4,7-8,13H2,1H3. The maximum absolute atomic E-state index is 8.62. The fourth-order valence-corrected chi connectivity index (χ4v) is 1.52. The average Bonchev–Trinajstić information content (AvgIpc) is 2.20. The van der Waals surface area contributed by atoms with E-state index in [0.29, 0.717) is 6.61 Å². The van der Waals surface area contributed by atoms with Crippen LogP contribution in [0.1, 0.15) is 24.8 Å². The summed E-state index contributed by atoms with van der Waals surface area (Å²) in [6, 6.07) is 5.88. The number of unbranched alkanes of at least 4 members (excludes halogenated alkanes) is 2. The number of nitrogens with two attached hydrogens (primary N) is 1. The number of rotatable bonds is 6. The molecule has 0 atom stereocenters. The van der Waals surface area contributed by atoms with E-state index in [4.69, 9.17) is 10.8 Å². The number of hydrogen-bond acceptors (Lipinski definition) is 3. The summed E-state index contributed by atoms with van der Waals surface area (Å²) < 4.78 is 0. The second-order valence-electron chi connectivity index (χ2n) is 3.79. The van der Waals surface area contributed by atoms with Crippen molar-refractivity contribution in [1.29, 1.82) is 0 Å². The van der Waals surface area contributed by atoms with Crippen molar-refractivity contribution in [3.05, 3.63) is 23.8 Å². The summed E-state index contributed by atoms with van der Waals surface area (Å²) in [5, 5.41) is 12.0. The van der Waals surface area contributed by atoms with Crippen LogP contribution in [0, 0.1) is 6.92 Å². The summed E-state index contributed by atoms with van der Waals surface area (Å²) in [5.74, 6) is 0. The van der Waals surface area contributed by atoms with Crippen LogP contribution in [0.5, 0.6) is 0 Å². The molecule has 15 heavy (non-hydrogen) atoms. The Hall–Kier alpha value is -1.22. The highest BCUT2D eigenvalue weighted by Crippen LogP contribution is 2.17. The number of aryl methyl sites for hydroxylation is 1. The molecule has 0 unspecified atom stereocenters. The molecule has 0 radical (unpaired) electrons. The average molecular weight is 208 g/mol. The van der Waals surface area contributed by atoms with Crippen molar-refractivity contribution in [3.63, 3.8) is 0 Å². The molecule has 0 amide bonds. The minimum absolute atomic E-state index is 0.293. The molecule has 0 saturated heterocycles. The zero-order valence-corrected chi connectivity index (χ0v) is 9.29. The molecule has 0 aromatic heterocycles. The second-order valence-corrected chi connectivity index (χ2v) is 3.79. The molecule has 1 rings (SSSR count). The number of aliphatic hydroxyl groups excluding tert-OH is 1. The number of anilines is 2. The van der Waals surface area contributed by atoms with Gasteiger partial charge in [-0.25, -0.2) is 0 Å². The van der Waals surface area contributed by atoms with Crippen LogP contribution in [0.15, 0.2) is 18.2 Å². The molecule has 1 aromatic rings. The summed E-state index contributed by atoms with van der Waals surface area (Å²) in [7, 11) is 0. The first kappa shape index (κ1) is 11.9. The smallest absolute Gasteiger partial charge is 0.0431 e. The van der Waals surface area contributed by atoms with E-state index in [0.717, 1.165) is 37.2 Å². The lowest BCUT2D eigenvalue weighted by atomic mass is 10.1. The lowest BCUT2D eigenvalue weighted by Crippen LogP contribution is -2.03. The van der Waals surface area contributed by atoms with Crippen molar-refractivity contribution in [1.82, 2.24) is 0 Å². The number of aliphatic hydroxyl groups is 1. The predicted molar refractivity (Wildman–Crippen MR) is 65.0 cm³/mol. The van der Waals surface area contributed by atoms with E-state index in [1.807, 2.05) is 25.1 Å². The van der Waals surface area contributed by atoms with E-state index < -0.39 is 0 Å². The highest BCUT2D eigenvalue weighted by atomic mass is 16.2. The zero-order chi connectivity index (χ0) is 11.1. The Morgan fingerprint density at radius 3 is 2.73 bits per heavy atom. The van der Waals surface area contributed by atoms with Crippen LogP contribution in [0.2, 0.25) is 0 Å². The highest BCUT2D eigenvalue weighted by Gasteiger charge is 1.97. The lowest BCUT2D eigenvalue weighted by molar-refractivity contribution is 0.283. The molecule has 0 fully saturated rings. The maximum Gasteiger partial charge on any atom is 0.0431 e. The number of nitrogen functional groups attached to an aromatic ring is 1. The Labute approximate surface area is 91.3 Å². The van der Waals surface area contributed by atoms with Gasteiger partial charge in [-0.15, -0.1) is 0 Å². The van der Waals surface area contributed by atoms with Gasteiger partial charge < -0.3 is 16.2 Å². The lowest BCUT2D eigenvalue weighted by Gasteiger charge is -2.09. The van der Waals surface area contributed by atoms with Crippen LogP contribution < -0.4 is 11.1 Å². The molecule has 3 heteroatoms. The molecule has 0 spiro atoms. The molecule has 0 bridgehead atoms. The molecule has 4 N–H and O–H groups in total. The second kappa shape index (κ2) is 6.30. The molecule has 3 nitrogen and oxygen atoms in total. The molecule has 1 aromatic carbocycles.